The summed E-state index contributed by atoms with van der Waals surface area (Å²) >= 11 is 0. The molecule has 6 heteroatoms. The first kappa shape index (κ1) is 14.8. The molecule has 6 nitrogen and oxygen atoms in total. The number of aliphatic hydroxyl groups excluding tert-OH is 1. The average Bonchev–Trinajstić information content (AvgIpc) is 2.34. The number of methoxy groups -OCH3 is 5. The Hall–Kier alpha value is -0.240. The van der Waals surface area contributed by atoms with Gasteiger partial charge in [-0.3, -0.25) is 0 Å². The zero-order chi connectivity index (χ0) is 13.1. The maximum atomic E-state index is 10.0. The molecule has 1 aliphatic carbocycles. The van der Waals surface area contributed by atoms with Gasteiger partial charge >= 0.3 is 0 Å². The summed E-state index contributed by atoms with van der Waals surface area (Å²) in [7, 11) is 7.67. The van der Waals surface area contributed by atoms with Crippen LogP contribution in [0.15, 0.2) is 0 Å². The summed E-state index contributed by atoms with van der Waals surface area (Å²) in [6.45, 7) is 0.395. The van der Waals surface area contributed by atoms with E-state index in [0.717, 1.165) is 0 Å². The van der Waals surface area contributed by atoms with Gasteiger partial charge in [0, 0.05) is 41.5 Å². The van der Waals surface area contributed by atoms with Crippen LogP contribution in [-0.2, 0) is 23.7 Å². The summed E-state index contributed by atoms with van der Waals surface area (Å²) < 4.78 is 26.3. The highest BCUT2D eigenvalue weighted by atomic mass is 16.7. The smallest absolute Gasteiger partial charge is 0.186 e. The van der Waals surface area contributed by atoms with Gasteiger partial charge in [0.2, 0.25) is 0 Å². The average molecular weight is 250 g/mol. The van der Waals surface area contributed by atoms with Gasteiger partial charge < -0.3 is 28.8 Å². The molecule has 17 heavy (non-hydrogen) atoms. The summed E-state index contributed by atoms with van der Waals surface area (Å²) in [5.41, 5.74) is -0.958. The van der Waals surface area contributed by atoms with Gasteiger partial charge in [-0.15, -0.1) is 0 Å². The van der Waals surface area contributed by atoms with Crippen molar-refractivity contribution in [2.45, 2.75) is 24.1 Å². The maximum Gasteiger partial charge on any atom is 0.186 e. The zero-order valence-corrected chi connectivity index (χ0v) is 11.0. The molecule has 0 saturated heterocycles. The Bertz CT molecular complexity index is 236. The van der Waals surface area contributed by atoms with Crippen molar-refractivity contribution >= 4 is 0 Å². The van der Waals surface area contributed by atoms with Crippen LogP contribution in [0.3, 0.4) is 0 Å². The van der Waals surface area contributed by atoms with E-state index in [2.05, 4.69) is 0 Å². The van der Waals surface area contributed by atoms with Crippen LogP contribution in [-0.4, -0.2) is 71.4 Å². The molecule has 0 aromatic carbocycles. The molecule has 0 aromatic heterocycles. The number of ether oxygens (including phenoxy) is 5. The Balaban J connectivity index is 2.97. The van der Waals surface area contributed by atoms with Crippen LogP contribution in [0, 0.1) is 5.92 Å². The molecule has 102 valence electrons. The molecule has 1 N–H and O–H groups in total. The minimum Gasteiger partial charge on any atom is -0.384 e. The highest BCUT2D eigenvalue weighted by Gasteiger charge is 2.68. The molecular weight excluding hydrogens is 228 g/mol. The van der Waals surface area contributed by atoms with Crippen LogP contribution in [0.5, 0.6) is 0 Å². The molecule has 0 aliphatic heterocycles. The highest BCUT2D eigenvalue weighted by Crippen LogP contribution is 2.47. The van der Waals surface area contributed by atoms with Gasteiger partial charge in [-0.2, -0.15) is 0 Å². The van der Waals surface area contributed by atoms with Crippen molar-refractivity contribution in [3.63, 3.8) is 0 Å². The number of hydrogen-bond acceptors (Lipinski definition) is 6. The Kier molecular flexibility index (Phi) is 5.30. The van der Waals surface area contributed by atoms with Gasteiger partial charge in [0.15, 0.2) is 11.9 Å². The third-order valence-corrected chi connectivity index (χ3v) is 3.55. The van der Waals surface area contributed by atoms with Crippen molar-refractivity contribution in [1.82, 2.24) is 0 Å². The normalized spacial score (nSPS) is 38.8. The largest absolute Gasteiger partial charge is 0.384 e. The number of hydrogen-bond donors (Lipinski definition) is 1. The molecule has 1 rings (SSSR count). The minimum absolute atomic E-state index is 0.151. The van der Waals surface area contributed by atoms with E-state index in [1.807, 2.05) is 0 Å². The van der Waals surface area contributed by atoms with Gasteiger partial charge in [0.25, 0.3) is 0 Å². The molecule has 1 saturated carbocycles. The first-order valence-electron chi connectivity index (χ1n) is 5.44. The van der Waals surface area contributed by atoms with Crippen LogP contribution < -0.4 is 0 Å². The first-order chi connectivity index (χ1) is 8.13. The molecule has 0 heterocycles. The van der Waals surface area contributed by atoms with E-state index >= 15 is 0 Å². The Morgan fingerprint density at radius 2 is 1.76 bits per heavy atom. The predicted molar refractivity (Wildman–Crippen MR) is 59.7 cm³/mol. The maximum absolute atomic E-state index is 10.0. The molecule has 5 unspecified atom stereocenters. The fourth-order valence-corrected chi connectivity index (χ4v) is 2.70. The van der Waals surface area contributed by atoms with Crippen molar-refractivity contribution in [3.05, 3.63) is 0 Å². The molecule has 0 amide bonds. The second-order valence-corrected chi connectivity index (χ2v) is 4.06. The van der Waals surface area contributed by atoms with E-state index in [1.54, 1.807) is 21.3 Å². The van der Waals surface area contributed by atoms with Crippen molar-refractivity contribution in [1.29, 1.82) is 0 Å². The van der Waals surface area contributed by atoms with E-state index in [9.17, 15) is 5.11 Å². The van der Waals surface area contributed by atoms with Crippen molar-refractivity contribution in [2.24, 2.45) is 5.92 Å². The van der Waals surface area contributed by atoms with Crippen LogP contribution in [0.2, 0.25) is 0 Å². The van der Waals surface area contributed by atoms with E-state index in [4.69, 9.17) is 23.7 Å². The van der Waals surface area contributed by atoms with Crippen molar-refractivity contribution in [3.8, 4) is 0 Å². The van der Waals surface area contributed by atoms with Gasteiger partial charge in [0.1, 0.15) is 6.10 Å². The number of rotatable bonds is 7. The lowest BCUT2D eigenvalue weighted by Crippen LogP contribution is -2.77. The molecule has 1 aliphatic rings. The lowest BCUT2D eigenvalue weighted by atomic mass is 9.63. The molecular formula is C11H22O6. The third-order valence-electron chi connectivity index (χ3n) is 3.55. The molecule has 0 radical (unpaired) electrons. The second kappa shape index (κ2) is 6.08. The summed E-state index contributed by atoms with van der Waals surface area (Å²) in [5, 5.41) is 10.0. The van der Waals surface area contributed by atoms with Crippen molar-refractivity contribution in [2.75, 3.05) is 42.2 Å². The van der Waals surface area contributed by atoms with Gasteiger partial charge in [0.05, 0.1) is 12.7 Å². The lowest BCUT2D eigenvalue weighted by molar-refractivity contribution is -0.360. The molecule has 5 atom stereocenters. The summed E-state index contributed by atoms with van der Waals surface area (Å²) in [5.74, 6) is -0.151. The molecule has 1 fully saturated rings. The van der Waals surface area contributed by atoms with Crippen molar-refractivity contribution < 1.29 is 28.8 Å². The van der Waals surface area contributed by atoms with Crippen LogP contribution in [0.4, 0.5) is 0 Å². The minimum atomic E-state index is -1.09. The van der Waals surface area contributed by atoms with Crippen LogP contribution in [0.25, 0.3) is 0 Å². The fourth-order valence-electron chi connectivity index (χ4n) is 2.70. The summed E-state index contributed by atoms with van der Waals surface area (Å²) in [4.78, 5) is 0. The molecule has 0 bridgehead atoms. The Morgan fingerprint density at radius 3 is 2.12 bits per heavy atom. The van der Waals surface area contributed by atoms with E-state index in [-0.39, 0.29) is 12.0 Å². The standard InChI is InChI=1S/C11H22O6/c1-13-6-7-8(14-2)9(15-3)11(7,17-5)10(12)16-4/h7-10,12H,6H2,1-5H3. The monoisotopic (exact) mass is 250 g/mol. The predicted octanol–water partition coefficient (Wildman–Crippen LogP) is -0.357. The van der Waals surface area contributed by atoms with E-state index < -0.39 is 18.0 Å². The number of aliphatic hydroxyl groups is 1. The van der Waals surface area contributed by atoms with Crippen LogP contribution >= 0.6 is 0 Å². The van der Waals surface area contributed by atoms with Gasteiger partial charge in [-0.1, -0.05) is 0 Å². The quantitative estimate of drug-likeness (QED) is 0.623. The zero-order valence-electron chi connectivity index (χ0n) is 11.0. The first-order valence-corrected chi connectivity index (χ1v) is 5.44. The molecule has 0 aromatic rings. The van der Waals surface area contributed by atoms with E-state index in [0.29, 0.717) is 6.61 Å². The molecule has 0 spiro atoms. The third kappa shape index (κ3) is 2.09. The summed E-state index contributed by atoms with van der Waals surface area (Å²) in [6, 6.07) is 0. The Morgan fingerprint density at radius 1 is 1.12 bits per heavy atom. The van der Waals surface area contributed by atoms with Gasteiger partial charge in [-0.25, -0.2) is 0 Å². The Labute approximate surface area is 102 Å². The fraction of sp³-hybridized carbons (Fsp3) is 1.00. The second-order valence-electron chi connectivity index (χ2n) is 4.06. The lowest BCUT2D eigenvalue weighted by Gasteiger charge is -2.59. The van der Waals surface area contributed by atoms with Gasteiger partial charge in [-0.05, 0) is 0 Å². The summed E-state index contributed by atoms with van der Waals surface area (Å²) in [6.07, 6.45) is -1.68. The topological polar surface area (TPSA) is 66.4 Å². The SMILES string of the molecule is COCC1C(OC)C(OC)C1(OC)C(O)OC. The van der Waals surface area contributed by atoms with E-state index in [1.165, 1.54) is 14.2 Å². The highest BCUT2D eigenvalue weighted by molar-refractivity contribution is 5.15. The van der Waals surface area contributed by atoms with Crippen LogP contribution in [0.1, 0.15) is 0 Å².